The van der Waals surface area contributed by atoms with E-state index in [1.165, 1.54) is 16.2 Å². The summed E-state index contributed by atoms with van der Waals surface area (Å²) in [6.45, 7) is 3.44. The lowest BCUT2D eigenvalue weighted by Crippen LogP contribution is -2.49. The Labute approximate surface area is 203 Å². The summed E-state index contributed by atoms with van der Waals surface area (Å²) in [7, 11) is 0. The van der Waals surface area contributed by atoms with Gasteiger partial charge in [-0.25, -0.2) is 0 Å². The highest BCUT2D eigenvalue weighted by Crippen LogP contribution is 2.32. The fourth-order valence-electron chi connectivity index (χ4n) is 4.31. The number of amides is 3. The van der Waals surface area contributed by atoms with Crippen molar-refractivity contribution in [3.63, 3.8) is 0 Å². The van der Waals surface area contributed by atoms with Crippen molar-refractivity contribution in [1.82, 2.24) is 10.6 Å². The minimum atomic E-state index is -0.999. The second-order valence-corrected chi connectivity index (χ2v) is 9.50. The van der Waals surface area contributed by atoms with E-state index < -0.39 is 11.9 Å². The van der Waals surface area contributed by atoms with Crippen molar-refractivity contribution < 1.29 is 18.8 Å². The van der Waals surface area contributed by atoms with Crippen molar-refractivity contribution in [2.75, 3.05) is 11.4 Å². The fraction of sp³-hybridized carbons (Fsp3) is 0.346. The standard InChI is InChI=1S/C26H29N3O4S/c1-17-8-3-6-11-20(17)29(23(30)16-27-25(31)22-12-7-15-34-22)24(21-14-13-18(2)33-21)26(32)28-19-9-4-5-10-19/h3,6-8,11-15,19,24H,4-5,9-10,16H2,1-2H3,(H,27,31)(H,28,32)/t24-/m0/s1. The lowest BCUT2D eigenvalue weighted by molar-refractivity contribution is -0.127. The van der Waals surface area contributed by atoms with Crippen LogP contribution in [-0.4, -0.2) is 30.3 Å². The summed E-state index contributed by atoms with van der Waals surface area (Å²) in [5.74, 6) is 0.0159. The van der Waals surface area contributed by atoms with Gasteiger partial charge >= 0.3 is 0 Å². The third-order valence-electron chi connectivity index (χ3n) is 6.03. The Balaban J connectivity index is 1.67. The molecule has 3 aromatic rings. The van der Waals surface area contributed by atoms with Gasteiger partial charge in [0.1, 0.15) is 11.5 Å². The van der Waals surface area contributed by atoms with Gasteiger partial charge in [-0.15, -0.1) is 11.3 Å². The molecule has 1 aliphatic carbocycles. The van der Waals surface area contributed by atoms with E-state index in [2.05, 4.69) is 10.6 Å². The van der Waals surface area contributed by atoms with Crippen LogP contribution < -0.4 is 15.5 Å². The van der Waals surface area contributed by atoms with E-state index >= 15 is 0 Å². The van der Waals surface area contributed by atoms with Crippen LogP contribution in [0.25, 0.3) is 0 Å². The number of carbonyl (C=O) groups is 3. The molecule has 34 heavy (non-hydrogen) atoms. The summed E-state index contributed by atoms with van der Waals surface area (Å²) in [6, 6.07) is 13.5. The Kier molecular flexibility index (Phi) is 7.47. The molecule has 2 aromatic heterocycles. The van der Waals surface area contributed by atoms with Crippen molar-refractivity contribution in [3.05, 3.63) is 75.9 Å². The van der Waals surface area contributed by atoms with Gasteiger partial charge in [-0.1, -0.05) is 37.1 Å². The van der Waals surface area contributed by atoms with Crippen LogP contribution in [-0.2, 0) is 9.59 Å². The third kappa shape index (κ3) is 5.39. The number of nitrogens with one attached hydrogen (secondary N) is 2. The van der Waals surface area contributed by atoms with Gasteiger partial charge in [-0.3, -0.25) is 19.3 Å². The van der Waals surface area contributed by atoms with Gasteiger partial charge in [0.05, 0.1) is 11.4 Å². The molecule has 0 aliphatic heterocycles. The van der Waals surface area contributed by atoms with Crippen molar-refractivity contribution in [2.45, 2.75) is 51.6 Å². The molecular formula is C26H29N3O4S. The highest BCUT2D eigenvalue weighted by Gasteiger charge is 2.37. The van der Waals surface area contributed by atoms with Crippen molar-refractivity contribution in [1.29, 1.82) is 0 Å². The lowest BCUT2D eigenvalue weighted by Gasteiger charge is -2.32. The summed E-state index contributed by atoms with van der Waals surface area (Å²) in [6.07, 6.45) is 3.99. The molecule has 0 unspecified atom stereocenters. The molecule has 1 aromatic carbocycles. The first-order valence-electron chi connectivity index (χ1n) is 11.5. The molecule has 1 atom stereocenters. The third-order valence-corrected chi connectivity index (χ3v) is 6.90. The lowest BCUT2D eigenvalue weighted by atomic mass is 10.1. The van der Waals surface area contributed by atoms with Gasteiger partial charge in [0.2, 0.25) is 5.91 Å². The number of para-hydroxylation sites is 1. The number of furan rings is 1. The molecule has 1 aliphatic rings. The summed E-state index contributed by atoms with van der Waals surface area (Å²) in [5.41, 5.74) is 1.43. The Morgan fingerprint density at radius 1 is 1.06 bits per heavy atom. The minimum absolute atomic E-state index is 0.0819. The van der Waals surface area contributed by atoms with Crippen molar-refractivity contribution >= 4 is 34.7 Å². The van der Waals surface area contributed by atoms with Crippen molar-refractivity contribution in [3.8, 4) is 0 Å². The molecule has 2 heterocycles. The zero-order valence-electron chi connectivity index (χ0n) is 19.4. The van der Waals surface area contributed by atoms with Gasteiger partial charge in [0, 0.05) is 11.7 Å². The molecule has 0 bridgehead atoms. The average molecular weight is 480 g/mol. The molecule has 8 heteroatoms. The molecular weight excluding hydrogens is 450 g/mol. The molecule has 0 spiro atoms. The van der Waals surface area contributed by atoms with Crippen LogP contribution in [0, 0.1) is 13.8 Å². The highest BCUT2D eigenvalue weighted by molar-refractivity contribution is 7.12. The smallest absolute Gasteiger partial charge is 0.261 e. The van der Waals surface area contributed by atoms with Crippen molar-refractivity contribution in [2.24, 2.45) is 0 Å². The first-order valence-corrected chi connectivity index (χ1v) is 12.4. The summed E-state index contributed by atoms with van der Waals surface area (Å²) >= 11 is 1.30. The molecule has 3 amide bonds. The van der Waals surface area contributed by atoms with E-state index in [-0.39, 0.29) is 24.4 Å². The summed E-state index contributed by atoms with van der Waals surface area (Å²) in [5, 5.41) is 7.62. The van der Waals surface area contributed by atoms with E-state index in [1.807, 2.05) is 25.1 Å². The monoisotopic (exact) mass is 479 g/mol. The largest absolute Gasteiger partial charge is 0.464 e. The Morgan fingerprint density at radius 3 is 2.47 bits per heavy atom. The van der Waals surface area contributed by atoms with Gasteiger partial charge in [-0.05, 0) is 61.9 Å². The SMILES string of the molecule is Cc1ccc([C@@H](C(=O)NC2CCCC2)N(C(=O)CNC(=O)c2cccs2)c2ccccc2C)o1. The number of carbonyl (C=O) groups excluding carboxylic acids is 3. The maximum atomic E-state index is 13.6. The van der Waals surface area contributed by atoms with Gasteiger partial charge in [0.25, 0.3) is 11.8 Å². The number of benzene rings is 1. The van der Waals surface area contributed by atoms with E-state index in [0.29, 0.717) is 22.1 Å². The normalized spacial score (nSPS) is 14.5. The quantitative estimate of drug-likeness (QED) is 0.497. The van der Waals surface area contributed by atoms with Crippen LogP contribution in [0.2, 0.25) is 0 Å². The Morgan fingerprint density at radius 2 is 1.82 bits per heavy atom. The number of aryl methyl sites for hydroxylation is 2. The predicted molar refractivity (Wildman–Crippen MR) is 132 cm³/mol. The number of rotatable bonds is 8. The van der Waals surface area contributed by atoms with Gasteiger partial charge < -0.3 is 15.1 Å². The average Bonchev–Trinajstić information content (AvgIpc) is 3.59. The zero-order valence-corrected chi connectivity index (χ0v) is 20.2. The highest BCUT2D eigenvalue weighted by atomic mass is 32.1. The Hall–Kier alpha value is -3.39. The number of hydrogen-bond donors (Lipinski definition) is 2. The predicted octanol–water partition coefficient (Wildman–Crippen LogP) is 4.52. The molecule has 7 nitrogen and oxygen atoms in total. The summed E-state index contributed by atoms with van der Waals surface area (Å²) < 4.78 is 5.87. The first-order chi connectivity index (χ1) is 16.4. The van der Waals surface area contributed by atoms with Crippen LogP contribution in [0.1, 0.15) is 58.5 Å². The topological polar surface area (TPSA) is 91.7 Å². The Bertz CT molecular complexity index is 1150. The molecule has 2 N–H and O–H groups in total. The van der Waals surface area contributed by atoms with E-state index in [4.69, 9.17) is 4.42 Å². The number of hydrogen-bond acceptors (Lipinski definition) is 5. The number of anilines is 1. The van der Waals surface area contributed by atoms with Gasteiger partial charge in [-0.2, -0.15) is 0 Å². The molecule has 0 saturated heterocycles. The molecule has 1 fully saturated rings. The second kappa shape index (κ2) is 10.7. The number of thiophene rings is 1. The van der Waals surface area contributed by atoms with E-state index in [9.17, 15) is 14.4 Å². The first kappa shape index (κ1) is 23.8. The van der Waals surface area contributed by atoms with E-state index in [1.54, 1.807) is 42.6 Å². The maximum absolute atomic E-state index is 13.6. The van der Waals surface area contributed by atoms with Crippen LogP contribution >= 0.6 is 11.3 Å². The molecule has 1 saturated carbocycles. The zero-order chi connectivity index (χ0) is 24.1. The van der Waals surface area contributed by atoms with E-state index in [0.717, 1.165) is 31.2 Å². The van der Waals surface area contributed by atoms with Crippen LogP contribution in [0.4, 0.5) is 5.69 Å². The van der Waals surface area contributed by atoms with Crippen LogP contribution in [0.3, 0.4) is 0 Å². The molecule has 0 radical (unpaired) electrons. The minimum Gasteiger partial charge on any atom is -0.464 e. The second-order valence-electron chi connectivity index (χ2n) is 8.55. The van der Waals surface area contributed by atoms with Crippen LogP contribution in [0.5, 0.6) is 0 Å². The molecule has 4 rings (SSSR count). The number of nitrogens with zero attached hydrogens (tertiary/aromatic N) is 1. The maximum Gasteiger partial charge on any atom is 0.261 e. The summed E-state index contributed by atoms with van der Waals surface area (Å²) in [4.78, 5) is 41.7. The van der Waals surface area contributed by atoms with Crippen LogP contribution in [0.15, 0.2) is 58.3 Å². The molecule has 178 valence electrons. The fourth-order valence-corrected chi connectivity index (χ4v) is 4.95. The van der Waals surface area contributed by atoms with Gasteiger partial charge in [0.15, 0.2) is 6.04 Å².